The van der Waals surface area contributed by atoms with Crippen LogP contribution in [0.1, 0.15) is 0 Å². The quantitative estimate of drug-likeness (QED) is 0.414. The largest absolute Gasteiger partial charge is 1.00 e. The zero-order valence-corrected chi connectivity index (χ0v) is 9.40. The van der Waals surface area contributed by atoms with Crippen LogP contribution in [0.5, 0.6) is 0 Å². The SMILES string of the molecule is NC(=O)C[N+]12CCOC1OCC2.[I-]. The molecule has 0 atom stereocenters. The third-order valence-corrected chi connectivity index (χ3v) is 2.51. The van der Waals surface area contributed by atoms with Crippen molar-refractivity contribution in [3.8, 4) is 0 Å². The van der Waals surface area contributed by atoms with E-state index in [0.717, 1.165) is 13.1 Å². The molecule has 2 heterocycles. The molecule has 0 spiro atoms. The molecule has 2 saturated heterocycles. The fourth-order valence-corrected chi connectivity index (χ4v) is 1.90. The molecule has 2 aliphatic rings. The monoisotopic (exact) mass is 300 g/mol. The second kappa shape index (κ2) is 4.07. The minimum absolute atomic E-state index is 0. The van der Waals surface area contributed by atoms with E-state index in [1.165, 1.54) is 0 Å². The van der Waals surface area contributed by atoms with Gasteiger partial charge in [-0.1, -0.05) is 0 Å². The van der Waals surface area contributed by atoms with Crippen molar-refractivity contribution < 1.29 is 42.7 Å². The first-order valence-electron chi connectivity index (χ1n) is 4.10. The summed E-state index contributed by atoms with van der Waals surface area (Å²) in [5.41, 5.74) is 5.16. The maximum absolute atomic E-state index is 10.8. The van der Waals surface area contributed by atoms with E-state index in [-0.39, 0.29) is 36.3 Å². The van der Waals surface area contributed by atoms with Crippen LogP contribution in [0.15, 0.2) is 0 Å². The normalized spacial score (nSPS) is 36.8. The van der Waals surface area contributed by atoms with Gasteiger partial charge in [-0.05, 0) is 0 Å². The number of amides is 1. The van der Waals surface area contributed by atoms with Gasteiger partial charge in [0.25, 0.3) is 5.91 Å². The number of nitrogens with two attached hydrogens (primary N) is 1. The Morgan fingerprint density at radius 3 is 2.38 bits per heavy atom. The molecule has 5 nitrogen and oxygen atoms in total. The number of primary amides is 1. The molecular weight excluding hydrogens is 287 g/mol. The summed E-state index contributed by atoms with van der Waals surface area (Å²) in [6, 6.07) is 0. The number of nitrogens with zero attached hydrogens (tertiary/aromatic N) is 1. The van der Waals surface area contributed by atoms with E-state index in [9.17, 15) is 4.79 Å². The van der Waals surface area contributed by atoms with Crippen molar-refractivity contribution in [2.24, 2.45) is 5.73 Å². The van der Waals surface area contributed by atoms with Crippen molar-refractivity contribution in [1.82, 2.24) is 0 Å². The predicted molar refractivity (Wildman–Crippen MR) is 39.7 cm³/mol. The van der Waals surface area contributed by atoms with Crippen LogP contribution in [0.2, 0.25) is 0 Å². The van der Waals surface area contributed by atoms with E-state index in [0.29, 0.717) is 24.2 Å². The van der Waals surface area contributed by atoms with Crippen LogP contribution in [0.4, 0.5) is 0 Å². The molecule has 1 amide bonds. The molecule has 0 saturated carbocycles. The minimum Gasteiger partial charge on any atom is -1.00 e. The molecule has 0 aliphatic carbocycles. The third-order valence-electron chi connectivity index (χ3n) is 2.51. The van der Waals surface area contributed by atoms with Crippen molar-refractivity contribution in [1.29, 1.82) is 0 Å². The summed E-state index contributed by atoms with van der Waals surface area (Å²) >= 11 is 0. The van der Waals surface area contributed by atoms with Gasteiger partial charge in [-0.15, -0.1) is 0 Å². The van der Waals surface area contributed by atoms with Gasteiger partial charge < -0.3 is 29.7 Å². The zero-order chi connectivity index (χ0) is 8.60. The van der Waals surface area contributed by atoms with Gasteiger partial charge >= 0.3 is 6.41 Å². The first kappa shape index (κ1) is 11.2. The van der Waals surface area contributed by atoms with Crippen molar-refractivity contribution in [2.75, 3.05) is 32.8 Å². The van der Waals surface area contributed by atoms with Gasteiger partial charge in [-0.2, -0.15) is 0 Å². The first-order chi connectivity index (χ1) is 5.73. The van der Waals surface area contributed by atoms with Gasteiger partial charge in [-0.3, -0.25) is 18.8 Å². The van der Waals surface area contributed by atoms with E-state index in [1.54, 1.807) is 0 Å². The molecule has 0 unspecified atom stereocenters. The molecule has 2 fully saturated rings. The van der Waals surface area contributed by atoms with Gasteiger partial charge in [0.2, 0.25) is 0 Å². The van der Waals surface area contributed by atoms with Gasteiger partial charge in [-0.25, -0.2) is 0 Å². The van der Waals surface area contributed by atoms with Gasteiger partial charge in [0, 0.05) is 0 Å². The molecule has 0 bridgehead atoms. The molecule has 13 heavy (non-hydrogen) atoms. The molecule has 0 radical (unpaired) electrons. The Morgan fingerprint density at radius 1 is 1.38 bits per heavy atom. The summed E-state index contributed by atoms with van der Waals surface area (Å²) in [5, 5.41) is 0. The minimum atomic E-state index is -0.281. The maximum atomic E-state index is 10.8. The Bertz CT molecular complexity index is 202. The lowest BCUT2D eigenvalue weighted by atomic mass is 10.4. The van der Waals surface area contributed by atoms with Crippen molar-refractivity contribution in [3.63, 3.8) is 0 Å². The van der Waals surface area contributed by atoms with Crippen molar-refractivity contribution in [2.45, 2.75) is 6.41 Å². The van der Waals surface area contributed by atoms with Gasteiger partial charge in [0.05, 0.1) is 0 Å². The fourth-order valence-electron chi connectivity index (χ4n) is 1.90. The summed E-state index contributed by atoms with van der Waals surface area (Å²) < 4.78 is 11.2. The zero-order valence-electron chi connectivity index (χ0n) is 7.24. The number of carbonyl (C=O) groups is 1. The molecular formula is C7H13IN2O3. The number of carbonyl (C=O) groups excluding carboxylic acids is 1. The second-order valence-electron chi connectivity index (χ2n) is 3.34. The highest BCUT2D eigenvalue weighted by molar-refractivity contribution is 5.74. The predicted octanol–water partition coefficient (Wildman–Crippen LogP) is -4.36. The topological polar surface area (TPSA) is 61.6 Å². The number of hydrogen-bond acceptors (Lipinski definition) is 3. The lowest BCUT2D eigenvalue weighted by molar-refractivity contribution is -0.943. The van der Waals surface area contributed by atoms with E-state index >= 15 is 0 Å². The summed E-state index contributed by atoms with van der Waals surface area (Å²) in [5.74, 6) is -0.281. The number of ether oxygens (including phenoxy) is 2. The molecule has 2 aliphatic heterocycles. The van der Waals surface area contributed by atoms with Crippen LogP contribution in [0.25, 0.3) is 0 Å². The summed E-state index contributed by atoms with van der Waals surface area (Å²) in [7, 11) is 0. The Kier molecular flexibility index (Phi) is 3.50. The molecule has 2 N–H and O–H groups in total. The summed E-state index contributed by atoms with van der Waals surface area (Å²) in [4.78, 5) is 10.8. The molecule has 0 aromatic carbocycles. The number of halogens is 1. The smallest absolute Gasteiger partial charge is 0.309 e. The van der Waals surface area contributed by atoms with E-state index in [2.05, 4.69) is 0 Å². The lowest BCUT2D eigenvalue weighted by Gasteiger charge is -2.28. The van der Waals surface area contributed by atoms with Gasteiger partial charge in [0.15, 0.2) is 6.54 Å². The van der Waals surface area contributed by atoms with E-state index in [1.807, 2.05) is 0 Å². The summed E-state index contributed by atoms with van der Waals surface area (Å²) in [6.45, 7) is 3.35. The molecule has 0 aromatic heterocycles. The Hall–Kier alpha value is 0.0800. The number of fused-ring (bicyclic) bond motifs is 1. The van der Waals surface area contributed by atoms with Gasteiger partial charge in [0.1, 0.15) is 26.3 Å². The molecule has 6 heteroatoms. The first-order valence-corrected chi connectivity index (χ1v) is 4.10. The highest BCUT2D eigenvalue weighted by Crippen LogP contribution is 2.26. The number of rotatable bonds is 2. The standard InChI is InChI=1S/C7H12N2O3.HI/c8-6(10)5-9-1-3-11-7(9)12-4-2-9;/h7H,1-5H2,(H-,8,10);1H. The fraction of sp³-hybridized carbons (Fsp3) is 0.857. The van der Waals surface area contributed by atoms with Crippen LogP contribution in [0, 0.1) is 0 Å². The van der Waals surface area contributed by atoms with Crippen LogP contribution < -0.4 is 29.7 Å². The maximum Gasteiger partial charge on any atom is 0.309 e. The van der Waals surface area contributed by atoms with Crippen LogP contribution in [-0.2, 0) is 14.3 Å². The average molecular weight is 300 g/mol. The highest BCUT2D eigenvalue weighted by Gasteiger charge is 2.49. The van der Waals surface area contributed by atoms with Crippen molar-refractivity contribution in [3.05, 3.63) is 0 Å². The van der Waals surface area contributed by atoms with Crippen LogP contribution in [-0.4, -0.2) is 49.7 Å². The average Bonchev–Trinajstić information content (AvgIpc) is 2.42. The van der Waals surface area contributed by atoms with Crippen molar-refractivity contribution >= 4 is 5.91 Å². The Balaban J connectivity index is 0.000000845. The van der Waals surface area contributed by atoms with E-state index in [4.69, 9.17) is 15.2 Å². The van der Waals surface area contributed by atoms with Crippen LogP contribution >= 0.6 is 0 Å². The molecule has 76 valence electrons. The second-order valence-corrected chi connectivity index (χ2v) is 3.34. The third kappa shape index (κ3) is 1.95. The highest BCUT2D eigenvalue weighted by atomic mass is 127. The van der Waals surface area contributed by atoms with Crippen LogP contribution in [0.3, 0.4) is 0 Å². The Labute approximate surface area is 93.8 Å². The molecule has 0 aromatic rings. The number of hydrogen-bond donors (Lipinski definition) is 1. The van der Waals surface area contributed by atoms with E-state index < -0.39 is 0 Å². The number of quaternary nitrogens is 1. The molecule has 2 rings (SSSR count). The Morgan fingerprint density at radius 2 is 1.92 bits per heavy atom. The lowest BCUT2D eigenvalue weighted by Crippen LogP contribution is -3.00. The summed E-state index contributed by atoms with van der Waals surface area (Å²) in [6.07, 6.45) is -0.238.